The highest BCUT2D eigenvalue weighted by molar-refractivity contribution is 7.11. The Kier molecular flexibility index (Phi) is 3.97. The summed E-state index contributed by atoms with van der Waals surface area (Å²) in [6.45, 7) is 10.5. The molecule has 19 heavy (non-hydrogen) atoms. The maximum atomic E-state index is 3.80. The van der Waals surface area contributed by atoms with Crippen LogP contribution in [0, 0.1) is 18.8 Å². The Morgan fingerprint density at radius 2 is 2.16 bits per heavy atom. The number of rotatable bonds is 4. The van der Waals surface area contributed by atoms with Crippen molar-refractivity contribution < 1.29 is 0 Å². The Morgan fingerprint density at radius 1 is 1.37 bits per heavy atom. The number of thiophene rings is 1. The van der Waals surface area contributed by atoms with Crippen molar-refractivity contribution >= 4 is 11.3 Å². The van der Waals surface area contributed by atoms with E-state index in [9.17, 15) is 0 Å². The number of hydrogen-bond acceptors (Lipinski definition) is 3. The van der Waals surface area contributed by atoms with Crippen LogP contribution in [0.2, 0.25) is 0 Å². The molecule has 2 aliphatic rings. The Morgan fingerprint density at radius 3 is 2.74 bits per heavy atom. The first kappa shape index (κ1) is 13.6. The van der Waals surface area contributed by atoms with Crippen molar-refractivity contribution in [3.63, 3.8) is 0 Å². The molecule has 0 amide bonds. The third-order valence-corrected chi connectivity index (χ3v) is 5.59. The third kappa shape index (κ3) is 3.21. The molecule has 2 fully saturated rings. The second-order valence-corrected chi connectivity index (χ2v) is 7.98. The van der Waals surface area contributed by atoms with Crippen LogP contribution in [0.5, 0.6) is 0 Å². The second-order valence-electron chi connectivity index (χ2n) is 6.61. The van der Waals surface area contributed by atoms with Gasteiger partial charge in [0.25, 0.3) is 0 Å². The predicted molar refractivity (Wildman–Crippen MR) is 82.6 cm³/mol. The van der Waals surface area contributed by atoms with Gasteiger partial charge in [-0.25, -0.2) is 0 Å². The number of nitrogens with zero attached hydrogens (tertiary/aromatic N) is 1. The van der Waals surface area contributed by atoms with E-state index in [0.29, 0.717) is 6.04 Å². The average Bonchev–Trinajstić information content (AvgIpc) is 3.14. The molecule has 0 bridgehead atoms. The van der Waals surface area contributed by atoms with E-state index in [-0.39, 0.29) is 0 Å². The van der Waals surface area contributed by atoms with Crippen molar-refractivity contribution in [1.29, 1.82) is 0 Å². The molecule has 2 unspecified atom stereocenters. The summed E-state index contributed by atoms with van der Waals surface area (Å²) >= 11 is 1.96. The van der Waals surface area contributed by atoms with Gasteiger partial charge in [0.05, 0.1) is 0 Å². The molecule has 0 radical (unpaired) electrons. The maximum absolute atomic E-state index is 3.80. The highest BCUT2D eigenvalue weighted by Crippen LogP contribution is 2.35. The Balaban J connectivity index is 1.69. The molecule has 3 rings (SSSR count). The first-order chi connectivity index (χ1) is 9.13. The van der Waals surface area contributed by atoms with Crippen LogP contribution in [0.4, 0.5) is 0 Å². The summed E-state index contributed by atoms with van der Waals surface area (Å²) in [4.78, 5) is 5.69. The van der Waals surface area contributed by atoms with Gasteiger partial charge in [0.2, 0.25) is 0 Å². The fourth-order valence-corrected chi connectivity index (χ4v) is 4.19. The molecule has 1 saturated heterocycles. The van der Waals surface area contributed by atoms with E-state index in [1.54, 1.807) is 0 Å². The summed E-state index contributed by atoms with van der Waals surface area (Å²) in [6.07, 6.45) is 2.88. The zero-order valence-corrected chi connectivity index (χ0v) is 13.2. The molecule has 3 heteroatoms. The highest BCUT2D eigenvalue weighted by atomic mass is 32.1. The van der Waals surface area contributed by atoms with Crippen LogP contribution in [0.15, 0.2) is 12.1 Å². The van der Waals surface area contributed by atoms with E-state index in [2.05, 4.69) is 43.1 Å². The lowest BCUT2D eigenvalue weighted by Gasteiger charge is -2.42. The quantitative estimate of drug-likeness (QED) is 0.909. The largest absolute Gasteiger partial charge is 0.311 e. The monoisotopic (exact) mass is 278 g/mol. The lowest BCUT2D eigenvalue weighted by molar-refractivity contribution is 0.0862. The van der Waals surface area contributed by atoms with Crippen LogP contribution < -0.4 is 5.32 Å². The van der Waals surface area contributed by atoms with Crippen molar-refractivity contribution in [2.75, 3.05) is 13.1 Å². The van der Waals surface area contributed by atoms with Gasteiger partial charge >= 0.3 is 0 Å². The topological polar surface area (TPSA) is 15.3 Å². The van der Waals surface area contributed by atoms with E-state index in [1.165, 1.54) is 35.7 Å². The molecule has 1 saturated carbocycles. The van der Waals surface area contributed by atoms with Gasteiger partial charge in [-0.1, -0.05) is 13.8 Å². The minimum absolute atomic E-state index is 0.692. The summed E-state index contributed by atoms with van der Waals surface area (Å²) in [7, 11) is 0. The van der Waals surface area contributed by atoms with Crippen molar-refractivity contribution in [2.24, 2.45) is 11.8 Å². The molecule has 2 atom stereocenters. The second kappa shape index (κ2) is 5.55. The normalized spacial score (nSPS) is 29.1. The zero-order chi connectivity index (χ0) is 13.4. The standard InChI is InChI=1S/C16H26N2S/c1-11(2)16-8-17-15(13-5-6-13)10-18(16)9-14-7-4-12(3)19-14/h4,7,11,13,15-17H,5-6,8-10H2,1-3H3. The summed E-state index contributed by atoms with van der Waals surface area (Å²) in [5.41, 5.74) is 0. The van der Waals surface area contributed by atoms with Crippen LogP contribution in [0.3, 0.4) is 0 Å². The fraction of sp³-hybridized carbons (Fsp3) is 0.750. The fourth-order valence-electron chi connectivity index (χ4n) is 3.28. The minimum Gasteiger partial charge on any atom is -0.311 e. The van der Waals surface area contributed by atoms with Crippen molar-refractivity contribution in [3.05, 3.63) is 21.9 Å². The van der Waals surface area contributed by atoms with Gasteiger partial charge < -0.3 is 5.32 Å². The van der Waals surface area contributed by atoms with Crippen molar-refractivity contribution in [3.8, 4) is 0 Å². The molecule has 106 valence electrons. The summed E-state index contributed by atoms with van der Waals surface area (Å²) in [5, 5.41) is 3.80. The van der Waals surface area contributed by atoms with Gasteiger partial charge in [-0.15, -0.1) is 11.3 Å². The van der Waals surface area contributed by atoms with Gasteiger partial charge in [0, 0.05) is 41.5 Å². The Bertz CT molecular complexity index is 422. The molecule has 2 nitrogen and oxygen atoms in total. The molecule has 1 aromatic heterocycles. The number of aryl methyl sites for hydroxylation is 1. The smallest absolute Gasteiger partial charge is 0.0332 e. The molecule has 1 aromatic rings. The first-order valence-electron chi connectivity index (χ1n) is 7.66. The van der Waals surface area contributed by atoms with E-state index < -0.39 is 0 Å². The van der Waals surface area contributed by atoms with Crippen LogP contribution >= 0.6 is 11.3 Å². The van der Waals surface area contributed by atoms with Crippen LogP contribution in [-0.2, 0) is 6.54 Å². The van der Waals surface area contributed by atoms with Gasteiger partial charge in [-0.05, 0) is 43.7 Å². The summed E-state index contributed by atoms with van der Waals surface area (Å²) < 4.78 is 0. The lowest BCUT2D eigenvalue weighted by atomic mass is 9.97. The molecule has 2 heterocycles. The lowest BCUT2D eigenvalue weighted by Crippen LogP contribution is -2.58. The Labute approximate surface area is 121 Å². The molecule has 1 aliphatic carbocycles. The minimum atomic E-state index is 0.692. The molecule has 0 aromatic carbocycles. The molecule has 1 aliphatic heterocycles. The molecule has 1 N–H and O–H groups in total. The Hall–Kier alpha value is -0.380. The van der Waals surface area contributed by atoms with Crippen LogP contribution in [-0.4, -0.2) is 30.1 Å². The highest BCUT2D eigenvalue weighted by Gasteiger charge is 2.37. The maximum Gasteiger partial charge on any atom is 0.0332 e. The average molecular weight is 278 g/mol. The zero-order valence-electron chi connectivity index (χ0n) is 12.4. The van der Waals surface area contributed by atoms with E-state index in [4.69, 9.17) is 0 Å². The van der Waals surface area contributed by atoms with E-state index >= 15 is 0 Å². The van der Waals surface area contributed by atoms with Crippen LogP contribution in [0.25, 0.3) is 0 Å². The predicted octanol–water partition coefficient (Wildman–Crippen LogP) is 3.26. The van der Waals surface area contributed by atoms with E-state index in [1.807, 2.05) is 11.3 Å². The molecular formula is C16H26N2S. The number of piperazine rings is 1. The summed E-state index contributed by atoms with van der Waals surface area (Å²) in [5.74, 6) is 1.69. The molecule has 0 spiro atoms. The van der Waals surface area contributed by atoms with Crippen molar-refractivity contribution in [1.82, 2.24) is 10.2 Å². The SMILES string of the molecule is Cc1ccc(CN2CC(C3CC3)NCC2C(C)C)s1. The third-order valence-electron chi connectivity index (χ3n) is 4.60. The van der Waals surface area contributed by atoms with Gasteiger partial charge in [-0.2, -0.15) is 0 Å². The number of nitrogens with one attached hydrogen (secondary N) is 1. The van der Waals surface area contributed by atoms with Crippen molar-refractivity contribution in [2.45, 2.75) is 52.2 Å². The number of hydrogen-bond donors (Lipinski definition) is 1. The molecular weight excluding hydrogens is 252 g/mol. The van der Waals surface area contributed by atoms with E-state index in [0.717, 1.165) is 24.4 Å². The van der Waals surface area contributed by atoms with Gasteiger partial charge in [-0.3, -0.25) is 4.90 Å². The van der Waals surface area contributed by atoms with Gasteiger partial charge in [0.15, 0.2) is 0 Å². The first-order valence-corrected chi connectivity index (χ1v) is 8.48. The van der Waals surface area contributed by atoms with Crippen LogP contribution in [0.1, 0.15) is 36.4 Å². The van der Waals surface area contributed by atoms with Gasteiger partial charge in [0.1, 0.15) is 0 Å². The summed E-state index contributed by atoms with van der Waals surface area (Å²) in [6, 6.07) is 6.00.